The van der Waals surface area contributed by atoms with Crippen molar-refractivity contribution >= 4 is 18.0 Å². The van der Waals surface area contributed by atoms with Crippen LogP contribution >= 0.6 is 0 Å². The van der Waals surface area contributed by atoms with Crippen LogP contribution in [0.1, 0.15) is 26.3 Å². The van der Waals surface area contributed by atoms with Crippen molar-refractivity contribution < 1.29 is 41.5 Å². The van der Waals surface area contributed by atoms with Crippen LogP contribution in [0.2, 0.25) is 0 Å². The second kappa shape index (κ2) is 5.48. The van der Waals surface area contributed by atoms with E-state index in [1.165, 1.54) is 24.3 Å². The summed E-state index contributed by atoms with van der Waals surface area (Å²) in [5, 5.41) is 17.6. The van der Waals surface area contributed by atoms with Gasteiger partial charge in [-0.15, -0.1) is 0 Å². The van der Waals surface area contributed by atoms with Crippen LogP contribution in [0.5, 0.6) is 0 Å². The summed E-state index contributed by atoms with van der Waals surface area (Å²) in [5.41, 5.74) is -0.151. The van der Waals surface area contributed by atoms with Gasteiger partial charge in [-0.2, -0.15) is 0 Å². The van der Waals surface area contributed by atoms with Crippen LogP contribution in [0.15, 0.2) is 24.8 Å². The van der Waals surface area contributed by atoms with Crippen molar-refractivity contribution in [3.63, 3.8) is 0 Å². The van der Waals surface area contributed by atoms with Crippen LogP contribution in [0.4, 0.5) is 0 Å². The Balaban J connectivity index is 0.00000196. The number of aromatic carboxylic acids is 2. The van der Waals surface area contributed by atoms with Crippen molar-refractivity contribution in [1.29, 1.82) is 0 Å². The van der Waals surface area contributed by atoms with Crippen molar-refractivity contribution in [2.45, 2.75) is 0 Å². The molecule has 0 fully saturated rings. The van der Waals surface area contributed by atoms with Gasteiger partial charge in [0.05, 0.1) is 11.1 Å². The fraction of sp³-hybridized carbons (Fsp3) is 0. The van der Waals surface area contributed by atoms with E-state index in [9.17, 15) is 9.59 Å². The Hall–Kier alpha value is -1.39. The summed E-state index contributed by atoms with van der Waals surface area (Å²) >= 11 is 0. The summed E-state index contributed by atoms with van der Waals surface area (Å²) in [6.45, 7) is 3.42. The fourth-order valence-electron chi connectivity index (χ4n) is 1.16. The smallest absolute Gasteiger partial charge is 0.337 e. The Morgan fingerprint density at radius 3 is 2.20 bits per heavy atom. The number of carboxylic acids is 2. The van der Waals surface area contributed by atoms with Gasteiger partial charge in [-0.3, -0.25) is 0 Å². The third-order valence-electron chi connectivity index (χ3n) is 1.76. The summed E-state index contributed by atoms with van der Waals surface area (Å²) in [5.74, 6) is -2.52. The van der Waals surface area contributed by atoms with Crippen LogP contribution in [-0.4, -0.2) is 22.2 Å². The molecule has 1 rings (SSSR count). The van der Waals surface area contributed by atoms with E-state index in [1.807, 2.05) is 0 Å². The maximum Gasteiger partial charge on any atom is 0.337 e. The van der Waals surface area contributed by atoms with Crippen LogP contribution in [0, 0.1) is 0 Å². The van der Waals surface area contributed by atoms with Crippen molar-refractivity contribution in [2.24, 2.45) is 0 Å². The zero-order valence-electron chi connectivity index (χ0n) is 7.73. The normalized spacial score (nSPS) is 8.80. The van der Waals surface area contributed by atoms with Crippen LogP contribution < -0.4 is 0 Å². The summed E-state index contributed by atoms with van der Waals surface area (Å²) in [6, 6.07) is 4.23. The second-order valence-electron chi connectivity index (χ2n) is 2.58. The zero-order valence-corrected chi connectivity index (χ0v) is 9.29. The van der Waals surface area contributed by atoms with Gasteiger partial charge in [0.1, 0.15) is 0 Å². The molecule has 0 aliphatic heterocycles. The van der Waals surface area contributed by atoms with Gasteiger partial charge in [0.15, 0.2) is 0 Å². The molecule has 0 aliphatic rings. The third kappa shape index (κ3) is 2.78. The molecule has 0 unspecified atom stereocenters. The van der Waals surface area contributed by atoms with Gasteiger partial charge in [0.25, 0.3) is 0 Å². The van der Waals surface area contributed by atoms with E-state index in [2.05, 4.69) is 6.58 Å². The Kier molecular flexibility index (Phi) is 4.98. The number of carboxylic acid groups (broad SMARTS) is 2. The van der Waals surface area contributed by atoms with E-state index < -0.39 is 11.9 Å². The molecule has 1 aromatic rings. The minimum atomic E-state index is -1.27. The Labute approximate surface area is 101 Å². The molecule has 0 aromatic heterocycles. The van der Waals surface area contributed by atoms with Crippen molar-refractivity contribution in [3.05, 3.63) is 41.5 Å². The van der Waals surface area contributed by atoms with E-state index in [4.69, 9.17) is 10.2 Å². The average molecular weight is 240 g/mol. The molecule has 0 bridgehead atoms. The van der Waals surface area contributed by atoms with Gasteiger partial charge in [-0.05, 0) is 11.6 Å². The number of benzene rings is 1. The molecule has 76 valence electrons. The maximum absolute atomic E-state index is 10.8. The van der Waals surface area contributed by atoms with Crippen LogP contribution in [0.25, 0.3) is 6.08 Å². The number of rotatable bonds is 3. The predicted octanol–water partition coefficient (Wildman–Crippen LogP) is 1.72. The Morgan fingerprint density at radius 1 is 1.20 bits per heavy atom. The van der Waals surface area contributed by atoms with E-state index in [1.54, 1.807) is 0 Å². The molecule has 0 heterocycles. The SMILES string of the molecule is C=Cc1cccc(C(=O)O)c1C(=O)O.[Ti]. The molecule has 5 heteroatoms. The molecule has 0 saturated heterocycles. The average Bonchev–Trinajstić information content (AvgIpc) is 2.16. The molecule has 1 aromatic carbocycles. The standard InChI is InChI=1S/C10H8O4.Ti/c1-2-6-4-3-5-7(9(11)12)8(6)10(13)14;/h2-5H,1H2,(H,11,12)(H,13,14);. The topological polar surface area (TPSA) is 74.6 Å². The number of hydrogen-bond acceptors (Lipinski definition) is 2. The first kappa shape index (κ1) is 13.6. The van der Waals surface area contributed by atoms with E-state index >= 15 is 0 Å². The molecular weight excluding hydrogens is 232 g/mol. The molecular formula is C10H8O4Ti. The molecule has 0 radical (unpaired) electrons. The zero-order chi connectivity index (χ0) is 10.7. The minimum absolute atomic E-state index is 0. The van der Waals surface area contributed by atoms with Gasteiger partial charge in [0.2, 0.25) is 0 Å². The molecule has 2 N–H and O–H groups in total. The van der Waals surface area contributed by atoms with E-state index in [0.29, 0.717) is 5.56 Å². The molecule has 0 atom stereocenters. The van der Waals surface area contributed by atoms with E-state index in [-0.39, 0.29) is 32.8 Å². The molecule has 0 saturated carbocycles. The van der Waals surface area contributed by atoms with Crippen molar-refractivity contribution in [1.82, 2.24) is 0 Å². The van der Waals surface area contributed by atoms with Gasteiger partial charge in [-0.1, -0.05) is 24.8 Å². The van der Waals surface area contributed by atoms with Gasteiger partial charge in [-0.25, -0.2) is 9.59 Å². The number of carbonyl (C=O) groups is 2. The van der Waals surface area contributed by atoms with Crippen LogP contribution in [-0.2, 0) is 21.7 Å². The van der Waals surface area contributed by atoms with Crippen LogP contribution in [0.3, 0.4) is 0 Å². The molecule has 0 amide bonds. The molecule has 0 aliphatic carbocycles. The summed E-state index contributed by atoms with van der Waals surface area (Å²) < 4.78 is 0. The Bertz CT molecular complexity index is 412. The van der Waals surface area contributed by atoms with E-state index in [0.717, 1.165) is 0 Å². The summed E-state index contributed by atoms with van der Waals surface area (Å²) in [7, 11) is 0. The largest absolute Gasteiger partial charge is 0.478 e. The monoisotopic (exact) mass is 240 g/mol. The summed E-state index contributed by atoms with van der Waals surface area (Å²) in [6.07, 6.45) is 1.32. The fourth-order valence-corrected chi connectivity index (χ4v) is 1.16. The second-order valence-corrected chi connectivity index (χ2v) is 2.58. The van der Waals surface area contributed by atoms with Crippen molar-refractivity contribution in [3.8, 4) is 0 Å². The predicted molar refractivity (Wildman–Crippen MR) is 50.5 cm³/mol. The van der Waals surface area contributed by atoms with Gasteiger partial charge >= 0.3 is 11.9 Å². The molecule has 4 nitrogen and oxygen atoms in total. The maximum atomic E-state index is 10.8. The molecule has 0 spiro atoms. The first-order valence-electron chi connectivity index (χ1n) is 3.80. The number of hydrogen-bond donors (Lipinski definition) is 2. The minimum Gasteiger partial charge on any atom is -0.478 e. The first-order valence-corrected chi connectivity index (χ1v) is 3.80. The van der Waals surface area contributed by atoms with Crippen molar-refractivity contribution in [2.75, 3.05) is 0 Å². The molecule has 15 heavy (non-hydrogen) atoms. The third-order valence-corrected chi connectivity index (χ3v) is 1.76. The van der Waals surface area contributed by atoms with Gasteiger partial charge in [0, 0.05) is 21.7 Å². The Morgan fingerprint density at radius 2 is 1.80 bits per heavy atom. The van der Waals surface area contributed by atoms with Gasteiger partial charge < -0.3 is 10.2 Å². The summed E-state index contributed by atoms with van der Waals surface area (Å²) in [4.78, 5) is 21.5. The first-order chi connectivity index (χ1) is 6.57. The quantitative estimate of drug-likeness (QED) is 0.788.